The van der Waals surface area contributed by atoms with Crippen molar-refractivity contribution in [2.45, 2.75) is 78.3 Å². The van der Waals surface area contributed by atoms with Gasteiger partial charge in [-0.15, -0.1) is 0 Å². The highest BCUT2D eigenvalue weighted by Crippen LogP contribution is 2.39. The molecular weight excluding hydrogens is 226 g/mol. The first-order valence-corrected chi connectivity index (χ1v) is 7.21. The second-order valence-electron chi connectivity index (χ2n) is 7.02. The summed E-state index contributed by atoms with van der Waals surface area (Å²) in [5, 5.41) is 12.8. The molecule has 1 aliphatic carbocycles. The number of nitrogens with one attached hydrogen (secondary N) is 1. The van der Waals surface area contributed by atoms with Gasteiger partial charge in [0.25, 0.3) is 0 Å². The average molecular weight is 255 g/mol. The van der Waals surface area contributed by atoms with Crippen LogP contribution in [0.2, 0.25) is 0 Å². The van der Waals surface area contributed by atoms with Crippen LogP contribution in [0, 0.1) is 11.3 Å². The van der Waals surface area contributed by atoms with Crippen molar-refractivity contribution in [1.29, 1.82) is 0 Å². The molecule has 1 saturated carbocycles. The van der Waals surface area contributed by atoms with Gasteiger partial charge in [-0.05, 0) is 43.9 Å². The molecule has 0 saturated heterocycles. The highest BCUT2D eigenvalue weighted by molar-refractivity contribution is 5.78. The van der Waals surface area contributed by atoms with Gasteiger partial charge >= 0.3 is 5.97 Å². The van der Waals surface area contributed by atoms with Crippen LogP contribution in [0.15, 0.2) is 0 Å². The lowest BCUT2D eigenvalue weighted by Gasteiger charge is -2.43. The van der Waals surface area contributed by atoms with Gasteiger partial charge in [-0.1, -0.05) is 34.1 Å². The Balaban J connectivity index is 2.68. The molecule has 0 radical (unpaired) electrons. The van der Waals surface area contributed by atoms with E-state index in [9.17, 15) is 9.90 Å². The SMILES string of the molecule is CCCC(C)(NC1CCC(C)(C)CC1C)C(=O)O. The number of hydrogen-bond acceptors (Lipinski definition) is 2. The van der Waals surface area contributed by atoms with Gasteiger partial charge in [-0.3, -0.25) is 10.1 Å². The predicted molar refractivity (Wildman–Crippen MR) is 74.7 cm³/mol. The summed E-state index contributed by atoms with van der Waals surface area (Å²) in [7, 11) is 0. The molecule has 3 heteroatoms. The lowest BCUT2D eigenvalue weighted by Crippen LogP contribution is -2.56. The molecule has 3 unspecified atom stereocenters. The maximum absolute atomic E-state index is 11.5. The van der Waals surface area contributed by atoms with Gasteiger partial charge in [-0.25, -0.2) is 0 Å². The molecule has 0 aromatic rings. The number of rotatable bonds is 5. The average Bonchev–Trinajstić information content (AvgIpc) is 2.22. The van der Waals surface area contributed by atoms with Crippen molar-refractivity contribution in [3.8, 4) is 0 Å². The number of carbonyl (C=O) groups is 1. The van der Waals surface area contributed by atoms with Crippen LogP contribution in [0.25, 0.3) is 0 Å². The molecule has 0 aromatic carbocycles. The number of carboxylic acids is 1. The Morgan fingerprint density at radius 2 is 2.11 bits per heavy atom. The molecule has 0 spiro atoms. The minimum Gasteiger partial charge on any atom is -0.480 e. The highest BCUT2D eigenvalue weighted by Gasteiger charge is 2.39. The third kappa shape index (κ3) is 3.71. The van der Waals surface area contributed by atoms with Gasteiger partial charge in [0, 0.05) is 6.04 Å². The summed E-state index contributed by atoms with van der Waals surface area (Å²) < 4.78 is 0. The van der Waals surface area contributed by atoms with Crippen LogP contribution in [0.1, 0.15) is 66.7 Å². The Morgan fingerprint density at radius 3 is 2.56 bits per heavy atom. The van der Waals surface area contributed by atoms with E-state index in [0.29, 0.717) is 23.8 Å². The van der Waals surface area contributed by atoms with Crippen molar-refractivity contribution in [3.63, 3.8) is 0 Å². The molecule has 1 fully saturated rings. The first-order valence-electron chi connectivity index (χ1n) is 7.21. The van der Waals surface area contributed by atoms with E-state index in [1.54, 1.807) is 0 Å². The van der Waals surface area contributed by atoms with E-state index in [2.05, 4.69) is 26.1 Å². The van der Waals surface area contributed by atoms with E-state index < -0.39 is 11.5 Å². The lowest BCUT2D eigenvalue weighted by atomic mass is 9.70. The lowest BCUT2D eigenvalue weighted by molar-refractivity contribution is -0.145. The summed E-state index contributed by atoms with van der Waals surface area (Å²) in [4.78, 5) is 11.5. The normalized spacial score (nSPS) is 30.7. The minimum absolute atomic E-state index is 0.339. The molecule has 3 atom stereocenters. The zero-order valence-electron chi connectivity index (χ0n) is 12.5. The number of hydrogen-bond donors (Lipinski definition) is 2. The molecule has 0 amide bonds. The molecule has 18 heavy (non-hydrogen) atoms. The Morgan fingerprint density at radius 1 is 1.50 bits per heavy atom. The minimum atomic E-state index is -0.769. The highest BCUT2D eigenvalue weighted by atomic mass is 16.4. The Bertz CT molecular complexity index is 301. The first-order chi connectivity index (χ1) is 8.20. The number of carboxylic acid groups (broad SMARTS) is 1. The quantitative estimate of drug-likeness (QED) is 0.791. The van der Waals surface area contributed by atoms with Crippen molar-refractivity contribution in [2.75, 3.05) is 0 Å². The van der Waals surface area contributed by atoms with Gasteiger partial charge in [0.05, 0.1) is 0 Å². The third-order valence-electron chi connectivity index (χ3n) is 4.42. The van der Waals surface area contributed by atoms with Crippen LogP contribution >= 0.6 is 0 Å². The van der Waals surface area contributed by atoms with E-state index >= 15 is 0 Å². The molecule has 0 aliphatic heterocycles. The van der Waals surface area contributed by atoms with E-state index in [0.717, 1.165) is 12.8 Å². The smallest absolute Gasteiger partial charge is 0.323 e. The summed E-state index contributed by atoms with van der Waals surface area (Å²) in [5.74, 6) is -0.175. The number of aliphatic carboxylic acids is 1. The van der Waals surface area contributed by atoms with E-state index in [1.807, 2.05) is 13.8 Å². The molecule has 1 aliphatic rings. The van der Waals surface area contributed by atoms with Crippen molar-refractivity contribution >= 4 is 5.97 Å². The molecule has 2 N–H and O–H groups in total. The summed E-state index contributed by atoms with van der Waals surface area (Å²) in [6.07, 6.45) is 5.02. The second kappa shape index (κ2) is 5.60. The van der Waals surface area contributed by atoms with Gasteiger partial charge in [0.1, 0.15) is 5.54 Å². The fourth-order valence-corrected chi connectivity index (χ4v) is 3.31. The summed E-state index contributed by atoms with van der Waals surface area (Å²) >= 11 is 0. The van der Waals surface area contributed by atoms with E-state index in [4.69, 9.17) is 0 Å². The Kier molecular flexibility index (Phi) is 4.82. The predicted octanol–water partition coefficient (Wildman–Crippen LogP) is 3.43. The zero-order valence-corrected chi connectivity index (χ0v) is 12.5. The van der Waals surface area contributed by atoms with Crippen LogP contribution in [0.5, 0.6) is 0 Å². The topological polar surface area (TPSA) is 49.3 Å². The van der Waals surface area contributed by atoms with Gasteiger partial charge in [0.15, 0.2) is 0 Å². The van der Waals surface area contributed by atoms with Crippen LogP contribution < -0.4 is 5.32 Å². The van der Waals surface area contributed by atoms with Crippen molar-refractivity contribution in [2.24, 2.45) is 11.3 Å². The fraction of sp³-hybridized carbons (Fsp3) is 0.933. The second-order valence-corrected chi connectivity index (χ2v) is 7.02. The third-order valence-corrected chi connectivity index (χ3v) is 4.42. The fourth-order valence-electron chi connectivity index (χ4n) is 3.31. The summed E-state index contributed by atoms with van der Waals surface area (Å²) in [6.45, 7) is 10.7. The first kappa shape index (κ1) is 15.5. The van der Waals surface area contributed by atoms with Gasteiger partial charge < -0.3 is 5.11 Å². The van der Waals surface area contributed by atoms with Crippen molar-refractivity contribution < 1.29 is 9.90 Å². The van der Waals surface area contributed by atoms with Crippen molar-refractivity contribution in [3.05, 3.63) is 0 Å². The summed E-state index contributed by atoms with van der Waals surface area (Å²) in [5.41, 5.74) is -0.364. The van der Waals surface area contributed by atoms with Crippen molar-refractivity contribution in [1.82, 2.24) is 5.32 Å². The summed E-state index contributed by atoms with van der Waals surface area (Å²) in [6, 6.07) is 0.339. The van der Waals surface area contributed by atoms with Gasteiger partial charge in [-0.2, -0.15) is 0 Å². The van der Waals surface area contributed by atoms with Crippen LogP contribution in [-0.4, -0.2) is 22.7 Å². The van der Waals surface area contributed by atoms with Crippen LogP contribution in [-0.2, 0) is 4.79 Å². The maximum Gasteiger partial charge on any atom is 0.323 e. The molecule has 1 rings (SSSR count). The Labute approximate surface area is 111 Å². The maximum atomic E-state index is 11.5. The molecular formula is C15H29NO2. The molecule has 0 heterocycles. The molecule has 106 valence electrons. The van der Waals surface area contributed by atoms with E-state index in [-0.39, 0.29) is 0 Å². The van der Waals surface area contributed by atoms with E-state index in [1.165, 1.54) is 12.8 Å². The largest absolute Gasteiger partial charge is 0.480 e. The standard InChI is InChI=1S/C15H29NO2/c1-6-8-15(5,13(17)18)16-12-7-9-14(3,4)10-11(12)2/h11-12,16H,6-10H2,1-5H3,(H,17,18). The molecule has 0 aromatic heterocycles. The van der Waals surface area contributed by atoms with Crippen LogP contribution in [0.4, 0.5) is 0 Å². The van der Waals surface area contributed by atoms with Gasteiger partial charge in [0.2, 0.25) is 0 Å². The van der Waals surface area contributed by atoms with Crippen LogP contribution in [0.3, 0.4) is 0 Å². The zero-order chi connectivity index (χ0) is 14.0. The molecule has 3 nitrogen and oxygen atoms in total. The monoisotopic (exact) mass is 255 g/mol. The molecule has 0 bridgehead atoms. The Hall–Kier alpha value is -0.570.